The number of nitrogens with zero attached hydrogens (tertiary/aromatic N) is 5. The molecular formula is C26H29ClN6O2. The van der Waals surface area contributed by atoms with Gasteiger partial charge in [-0.1, -0.05) is 23.7 Å². The predicted molar refractivity (Wildman–Crippen MR) is 134 cm³/mol. The fraction of sp³-hybridized carbons (Fsp3) is 0.462. The topological polar surface area (TPSA) is 95.6 Å². The molecule has 1 amide bonds. The fourth-order valence-corrected chi connectivity index (χ4v) is 5.32. The summed E-state index contributed by atoms with van der Waals surface area (Å²) in [6.07, 6.45) is 4.92. The number of carbonyl (C=O) groups excluding carboxylic acids is 1. The van der Waals surface area contributed by atoms with Gasteiger partial charge >= 0.3 is 6.09 Å². The van der Waals surface area contributed by atoms with Crippen molar-refractivity contribution in [1.29, 1.82) is 5.26 Å². The SMILES string of the molecule is CC(C)(C)OC(=O)N1CCC2(CCc3c2nc2c(Cl)cnn2c3NCc2ccc(C#N)cc2)CC1. The standard InChI is InChI=1S/C26H29ClN6O2/c1-25(2,3)35-24(34)32-12-10-26(11-13-32)9-8-19-21(26)31-23-20(27)16-30-33(23)22(19)29-15-18-6-4-17(14-28)5-7-18/h4-7,16,29H,8-13,15H2,1-3H3. The average Bonchev–Trinajstić information content (AvgIpc) is 3.37. The molecule has 9 heteroatoms. The van der Waals surface area contributed by atoms with Gasteiger partial charge in [0.25, 0.3) is 0 Å². The number of carbonyl (C=O) groups is 1. The van der Waals surface area contributed by atoms with Crippen molar-refractivity contribution in [3.05, 3.63) is 57.9 Å². The Bertz CT molecular complexity index is 1310. The zero-order valence-corrected chi connectivity index (χ0v) is 21.0. The molecule has 5 rings (SSSR count). The molecule has 1 fully saturated rings. The van der Waals surface area contributed by atoms with Crippen LogP contribution in [-0.2, 0) is 23.1 Å². The summed E-state index contributed by atoms with van der Waals surface area (Å²) in [5.41, 5.74) is 3.99. The molecule has 2 aliphatic rings. The minimum absolute atomic E-state index is 0.0892. The first-order valence-corrected chi connectivity index (χ1v) is 12.3. The van der Waals surface area contributed by atoms with Crippen LogP contribution >= 0.6 is 11.6 Å². The number of benzene rings is 1. The minimum atomic E-state index is -0.506. The van der Waals surface area contributed by atoms with Crippen molar-refractivity contribution in [2.24, 2.45) is 0 Å². The maximum absolute atomic E-state index is 12.6. The van der Waals surface area contributed by atoms with Crippen LogP contribution in [0.5, 0.6) is 0 Å². The van der Waals surface area contributed by atoms with Crippen LogP contribution < -0.4 is 5.32 Å². The number of halogens is 1. The van der Waals surface area contributed by atoms with Crippen molar-refractivity contribution in [2.75, 3.05) is 18.4 Å². The van der Waals surface area contributed by atoms with Gasteiger partial charge in [0.2, 0.25) is 0 Å². The molecule has 0 radical (unpaired) electrons. The molecule has 1 aromatic carbocycles. The van der Waals surface area contributed by atoms with Crippen molar-refractivity contribution in [3.63, 3.8) is 0 Å². The van der Waals surface area contributed by atoms with Crippen LogP contribution in [0.4, 0.5) is 10.6 Å². The average molecular weight is 493 g/mol. The van der Waals surface area contributed by atoms with Gasteiger partial charge in [-0.25, -0.2) is 9.78 Å². The lowest BCUT2D eigenvalue weighted by Gasteiger charge is -2.39. The van der Waals surface area contributed by atoms with Crippen LogP contribution in [0, 0.1) is 11.3 Å². The number of nitriles is 1. The molecule has 0 saturated carbocycles. The number of aromatic nitrogens is 3. The molecule has 1 aliphatic heterocycles. The van der Waals surface area contributed by atoms with Crippen LogP contribution in [0.2, 0.25) is 5.02 Å². The number of hydrogen-bond donors (Lipinski definition) is 1. The number of ether oxygens (including phenoxy) is 1. The summed E-state index contributed by atoms with van der Waals surface area (Å²) in [5, 5.41) is 17.6. The van der Waals surface area contributed by atoms with Gasteiger partial charge in [0.15, 0.2) is 5.65 Å². The molecule has 1 spiro atoms. The Hall–Kier alpha value is -3.31. The van der Waals surface area contributed by atoms with E-state index in [9.17, 15) is 4.79 Å². The Morgan fingerprint density at radius 2 is 1.94 bits per heavy atom. The summed E-state index contributed by atoms with van der Waals surface area (Å²) in [5.74, 6) is 0.910. The second-order valence-corrected chi connectivity index (χ2v) is 10.8. The molecular weight excluding hydrogens is 464 g/mol. The van der Waals surface area contributed by atoms with Gasteiger partial charge in [-0.2, -0.15) is 14.9 Å². The Morgan fingerprint density at radius 3 is 2.60 bits per heavy atom. The first-order valence-electron chi connectivity index (χ1n) is 12.0. The van der Waals surface area contributed by atoms with E-state index >= 15 is 0 Å². The van der Waals surface area contributed by atoms with Crippen molar-refractivity contribution >= 4 is 29.2 Å². The van der Waals surface area contributed by atoms with Gasteiger partial charge in [-0.05, 0) is 64.2 Å². The van der Waals surface area contributed by atoms with Crippen molar-refractivity contribution in [3.8, 4) is 6.07 Å². The van der Waals surface area contributed by atoms with Crippen molar-refractivity contribution in [2.45, 2.75) is 64.0 Å². The highest BCUT2D eigenvalue weighted by Crippen LogP contribution is 2.48. The highest BCUT2D eigenvalue weighted by molar-refractivity contribution is 6.33. The second kappa shape index (κ2) is 8.72. The molecule has 3 heterocycles. The van der Waals surface area contributed by atoms with Gasteiger partial charge in [0.05, 0.1) is 23.5 Å². The van der Waals surface area contributed by atoms with Crippen LogP contribution in [-0.4, -0.2) is 44.3 Å². The molecule has 0 bridgehead atoms. The lowest BCUT2D eigenvalue weighted by atomic mass is 9.76. The van der Waals surface area contributed by atoms with E-state index in [-0.39, 0.29) is 11.5 Å². The Labute approximate surface area is 209 Å². The van der Waals surface area contributed by atoms with E-state index in [1.165, 1.54) is 0 Å². The number of piperidine rings is 1. The van der Waals surface area contributed by atoms with Crippen LogP contribution in [0.15, 0.2) is 30.5 Å². The summed E-state index contributed by atoms with van der Waals surface area (Å²) in [7, 11) is 0. The largest absolute Gasteiger partial charge is 0.444 e. The van der Waals surface area contributed by atoms with Gasteiger partial charge in [-0.3, -0.25) is 0 Å². The van der Waals surface area contributed by atoms with E-state index in [1.807, 2.05) is 49.9 Å². The van der Waals surface area contributed by atoms with E-state index in [4.69, 9.17) is 26.6 Å². The summed E-state index contributed by atoms with van der Waals surface area (Å²) in [6, 6.07) is 9.70. The van der Waals surface area contributed by atoms with Crippen LogP contribution in [0.25, 0.3) is 5.65 Å². The maximum atomic E-state index is 12.6. The van der Waals surface area contributed by atoms with Gasteiger partial charge in [-0.15, -0.1) is 0 Å². The maximum Gasteiger partial charge on any atom is 0.410 e. The third-order valence-electron chi connectivity index (χ3n) is 6.97. The molecule has 182 valence electrons. The van der Waals surface area contributed by atoms with Crippen molar-refractivity contribution in [1.82, 2.24) is 19.5 Å². The second-order valence-electron chi connectivity index (χ2n) is 10.4. The first kappa shape index (κ1) is 23.4. The lowest BCUT2D eigenvalue weighted by molar-refractivity contribution is 0.0162. The number of anilines is 1. The molecule has 1 N–H and O–H groups in total. The van der Waals surface area contributed by atoms with Gasteiger partial charge in [0, 0.05) is 30.6 Å². The molecule has 35 heavy (non-hydrogen) atoms. The van der Waals surface area contributed by atoms with E-state index in [1.54, 1.807) is 10.7 Å². The van der Waals surface area contributed by atoms with E-state index in [2.05, 4.69) is 16.5 Å². The smallest absolute Gasteiger partial charge is 0.410 e. The fourth-order valence-electron chi connectivity index (χ4n) is 5.15. The zero-order valence-electron chi connectivity index (χ0n) is 20.3. The molecule has 1 saturated heterocycles. The van der Waals surface area contributed by atoms with E-state index < -0.39 is 5.60 Å². The molecule has 2 aromatic heterocycles. The quantitative estimate of drug-likeness (QED) is 0.547. The van der Waals surface area contributed by atoms with Crippen LogP contribution in [0.3, 0.4) is 0 Å². The summed E-state index contributed by atoms with van der Waals surface area (Å²) < 4.78 is 7.37. The Kier molecular flexibility index (Phi) is 5.84. The molecule has 1 aliphatic carbocycles. The normalized spacial score (nSPS) is 16.8. The number of likely N-dealkylation sites (tertiary alicyclic amines) is 1. The zero-order chi connectivity index (χ0) is 24.8. The number of fused-ring (bicyclic) bond motifs is 3. The van der Waals surface area contributed by atoms with Crippen molar-refractivity contribution < 1.29 is 9.53 Å². The highest BCUT2D eigenvalue weighted by atomic mass is 35.5. The van der Waals surface area contributed by atoms with E-state index in [0.717, 1.165) is 48.3 Å². The minimum Gasteiger partial charge on any atom is -0.444 e. The third kappa shape index (κ3) is 4.41. The summed E-state index contributed by atoms with van der Waals surface area (Å²) in [4.78, 5) is 19.4. The van der Waals surface area contributed by atoms with E-state index in [0.29, 0.717) is 35.9 Å². The molecule has 8 nitrogen and oxygen atoms in total. The Balaban J connectivity index is 1.42. The highest BCUT2D eigenvalue weighted by Gasteiger charge is 2.45. The third-order valence-corrected chi connectivity index (χ3v) is 7.24. The monoisotopic (exact) mass is 492 g/mol. The van der Waals surface area contributed by atoms with Crippen LogP contribution in [0.1, 0.15) is 62.4 Å². The predicted octanol–water partition coefficient (Wildman–Crippen LogP) is 5.08. The number of nitrogens with one attached hydrogen (secondary N) is 1. The Morgan fingerprint density at radius 1 is 1.23 bits per heavy atom. The number of amides is 1. The lowest BCUT2D eigenvalue weighted by Crippen LogP contribution is -2.46. The summed E-state index contributed by atoms with van der Waals surface area (Å²) in [6.45, 7) is 7.54. The van der Waals surface area contributed by atoms with Gasteiger partial charge < -0.3 is 15.0 Å². The molecule has 0 unspecified atom stereocenters. The molecule has 0 atom stereocenters. The molecule has 3 aromatic rings. The first-order chi connectivity index (χ1) is 16.7. The van der Waals surface area contributed by atoms with Gasteiger partial charge in [0.1, 0.15) is 16.4 Å². The number of rotatable bonds is 3. The summed E-state index contributed by atoms with van der Waals surface area (Å²) >= 11 is 6.48. The number of hydrogen-bond acceptors (Lipinski definition) is 6.